The van der Waals surface area contributed by atoms with Crippen molar-refractivity contribution in [3.05, 3.63) is 0 Å². The molecule has 0 bridgehead atoms. The highest BCUT2D eigenvalue weighted by molar-refractivity contribution is 4.80. The Morgan fingerprint density at radius 1 is 1.53 bits per heavy atom. The predicted molar refractivity (Wildman–Crippen MR) is 62.9 cm³/mol. The second kappa shape index (κ2) is 7.17. The Hall–Kier alpha value is -0.160. The van der Waals surface area contributed by atoms with Crippen LogP contribution in [-0.2, 0) is 4.74 Å². The van der Waals surface area contributed by atoms with Gasteiger partial charge in [-0.15, -0.1) is 0 Å². The molecular formula is C11H26N2O2. The van der Waals surface area contributed by atoms with E-state index in [9.17, 15) is 5.11 Å². The Labute approximate surface area is 93.4 Å². The molecule has 15 heavy (non-hydrogen) atoms. The van der Waals surface area contributed by atoms with Gasteiger partial charge >= 0.3 is 0 Å². The van der Waals surface area contributed by atoms with E-state index in [0.717, 1.165) is 19.7 Å². The van der Waals surface area contributed by atoms with Crippen molar-refractivity contribution in [3.63, 3.8) is 0 Å². The van der Waals surface area contributed by atoms with Crippen molar-refractivity contribution in [1.29, 1.82) is 0 Å². The van der Waals surface area contributed by atoms with Gasteiger partial charge in [-0.25, -0.2) is 0 Å². The Bertz CT molecular complexity index is 163. The van der Waals surface area contributed by atoms with Crippen molar-refractivity contribution in [3.8, 4) is 0 Å². The summed E-state index contributed by atoms with van der Waals surface area (Å²) in [5, 5.41) is 9.88. The van der Waals surface area contributed by atoms with E-state index in [4.69, 9.17) is 10.5 Å². The summed E-state index contributed by atoms with van der Waals surface area (Å²) in [7, 11) is 1.70. The minimum Gasteiger partial charge on any atom is -0.389 e. The summed E-state index contributed by atoms with van der Waals surface area (Å²) in [5.41, 5.74) is 4.74. The molecule has 0 aliphatic rings. The molecule has 2 unspecified atom stereocenters. The van der Waals surface area contributed by atoms with Crippen molar-refractivity contribution >= 4 is 0 Å². The van der Waals surface area contributed by atoms with Crippen LogP contribution in [0.3, 0.4) is 0 Å². The minimum atomic E-state index is -0.764. The SMILES string of the molecule is CCN(CCOC)C(C)CC(C)(O)CN. The maximum atomic E-state index is 9.88. The molecule has 0 aliphatic carbocycles. The molecule has 0 saturated heterocycles. The fourth-order valence-corrected chi connectivity index (χ4v) is 1.75. The zero-order valence-electron chi connectivity index (χ0n) is 10.5. The van der Waals surface area contributed by atoms with E-state index in [0.29, 0.717) is 19.0 Å². The first-order valence-electron chi connectivity index (χ1n) is 5.62. The monoisotopic (exact) mass is 218 g/mol. The van der Waals surface area contributed by atoms with E-state index < -0.39 is 5.60 Å². The van der Waals surface area contributed by atoms with E-state index in [1.54, 1.807) is 14.0 Å². The second-order valence-electron chi connectivity index (χ2n) is 4.38. The predicted octanol–water partition coefficient (Wildman–Crippen LogP) is 0.443. The number of nitrogens with two attached hydrogens (primary N) is 1. The van der Waals surface area contributed by atoms with Crippen LogP contribution in [0.15, 0.2) is 0 Å². The second-order valence-corrected chi connectivity index (χ2v) is 4.38. The Morgan fingerprint density at radius 3 is 2.53 bits per heavy atom. The minimum absolute atomic E-state index is 0.305. The Kier molecular flexibility index (Phi) is 7.09. The molecule has 0 amide bonds. The third kappa shape index (κ3) is 6.10. The van der Waals surface area contributed by atoms with Crippen LogP contribution in [0.5, 0.6) is 0 Å². The van der Waals surface area contributed by atoms with Crippen molar-refractivity contribution in [1.82, 2.24) is 4.90 Å². The largest absolute Gasteiger partial charge is 0.389 e. The molecule has 92 valence electrons. The van der Waals surface area contributed by atoms with E-state index in [-0.39, 0.29) is 0 Å². The summed E-state index contributed by atoms with van der Waals surface area (Å²) in [6.07, 6.45) is 0.695. The molecule has 0 aliphatic heterocycles. The first-order valence-corrected chi connectivity index (χ1v) is 5.62. The van der Waals surface area contributed by atoms with Gasteiger partial charge in [-0.1, -0.05) is 6.92 Å². The van der Waals surface area contributed by atoms with Crippen LogP contribution in [-0.4, -0.2) is 55.0 Å². The fourth-order valence-electron chi connectivity index (χ4n) is 1.75. The first-order chi connectivity index (χ1) is 6.96. The van der Waals surface area contributed by atoms with Gasteiger partial charge in [-0.05, 0) is 26.8 Å². The topological polar surface area (TPSA) is 58.7 Å². The normalized spacial score (nSPS) is 17.8. The molecule has 0 fully saturated rings. The first kappa shape index (κ1) is 14.8. The van der Waals surface area contributed by atoms with Crippen LogP contribution in [0.1, 0.15) is 27.2 Å². The van der Waals surface area contributed by atoms with Gasteiger partial charge in [0, 0.05) is 26.2 Å². The number of aliphatic hydroxyl groups is 1. The van der Waals surface area contributed by atoms with Crippen LogP contribution in [0.25, 0.3) is 0 Å². The molecule has 4 nitrogen and oxygen atoms in total. The van der Waals surface area contributed by atoms with Gasteiger partial charge in [0.05, 0.1) is 12.2 Å². The maximum Gasteiger partial charge on any atom is 0.0756 e. The number of methoxy groups -OCH3 is 1. The molecule has 0 heterocycles. The smallest absolute Gasteiger partial charge is 0.0756 e. The van der Waals surface area contributed by atoms with Crippen LogP contribution < -0.4 is 5.73 Å². The quantitative estimate of drug-likeness (QED) is 0.621. The lowest BCUT2D eigenvalue weighted by atomic mass is 9.97. The highest BCUT2D eigenvalue weighted by Gasteiger charge is 2.24. The van der Waals surface area contributed by atoms with Gasteiger partial charge in [-0.3, -0.25) is 4.90 Å². The molecule has 0 saturated carbocycles. The van der Waals surface area contributed by atoms with Crippen LogP contribution in [0.4, 0.5) is 0 Å². The lowest BCUT2D eigenvalue weighted by molar-refractivity contribution is 0.0244. The average molecular weight is 218 g/mol. The van der Waals surface area contributed by atoms with Crippen molar-refractivity contribution in [2.24, 2.45) is 5.73 Å². The van der Waals surface area contributed by atoms with E-state index in [1.165, 1.54) is 0 Å². The molecule has 0 rings (SSSR count). The number of hydrogen-bond acceptors (Lipinski definition) is 4. The van der Waals surface area contributed by atoms with Crippen LogP contribution in [0, 0.1) is 0 Å². The van der Waals surface area contributed by atoms with Gasteiger partial charge < -0.3 is 15.6 Å². The summed E-state index contributed by atoms with van der Waals surface area (Å²) in [6, 6.07) is 0.323. The number of rotatable bonds is 8. The number of likely N-dealkylation sites (N-methyl/N-ethyl adjacent to an activating group) is 1. The zero-order chi connectivity index (χ0) is 11.9. The summed E-state index contributed by atoms with van der Waals surface area (Å²) in [6.45, 7) is 8.91. The Balaban J connectivity index is 4.08. The van der Waals surface area contributed by atoms with Gasteiger partial charge in [0.2, 0.25) is 0 Å². The number of nitrogens with zero attached hydrogens (tertiary/aromatic N) is 1. The Morgan fingerprint density at radius 2 is 2.13 bits per heavy atom. The third-order valence-electron chi connectivity index (χ3n) is 2.79. The third-order valence-corrected chi connectivity index (χ3v) is 2.79. The average Bonchev–Trinajstić information content (AvgIpc) is 2.18. The van der Waals surface area contributed by atoms with Crippen molar-refractivity contribution in [2.75, 3.05) is 33.4 Å². The van der Waals surface area contributed by atoms with Gasteiger partial charge in [0.25, 0.3) is 0 Å². The van der Waals surface area contributed by atoms with E-state index in [1.807, 2.05) is 0 Å². The summed E-state index contributed by atoms with van der Waals surface area (Å²) in [5.74, 6) is 0. The maximum absolute atomic E-state index is 9.88. The molecule has 0 spiro atoms. The number of hydrogen-bond donors (Lipinski definition) is 2. The fraction of sp³-hybridized carbons (Fsp3) is 1.00. The summed E-state index contributed by atoms with van der Waals surface area (Å²) in [4.78, 5) is 2.29. The highest BCUT2D eigenvalue weighted by atomic mass is 16.5. The zero-order valence-corrected chi connectivity index (χ0v) is 10.5. The van der Waals surface area contributed by atoms with E-state index in [2.05, 4.69) is 18.7 Å². The van der Waals surface area contributed by atoms with Crippen LogP contribution >= 0.6 is 0 Å². The lowest BCUT2D eigenvalue weighted by Crippen LogP contribution is -2.44. The van der Waals surface area contributed by atoms with E-state index >= 15 is 0 Å². The molecule has 0 aromatic rings. The number of ether oxygens (including phenoxy) is 1. The molecule has 0 aromatic heterocycles. The highest BCUT2D eigenvalue weighted by Crippen LogP contribution is 2.14. The molecule has 0 aromatic carbocycles. The van der Waals surface area contributed by atoms with Gasteiger partial charge in [0.15, 0.2) is 0 Å². The van der Waals surface area contributed by atoms with Crippen LogP contribution in [0.2, 0.25) is 0 Å². The molecular weight excluding hydrogens is 192 g/mol. The summed E-state index contributed by atoms with van der Waals surface area (Å²) < 4.78 is 5.05. The molecule has 0 radical (unpaired) electrons. The van der Waals surface area contributed by atoms with Crippen molar-refractivity contribution in [2.45, 2.75) is 38.8 Å². The molecule has 2 atom stereocenters. The van der Waals surface area contributed by atoms with Gasteiger partial charge in [0.1, 0.15) is 0 Å². The standard InChI is InChI=1S/C11H26N2O2/c1-5-13(6-7-15-4)10(2)8-11(3,14)9-12/h10,14H,5-9,12H2,1-4H3. The molecule has 4 heteroatoms. The lowest BCUT2D eigenvalue weighted by Gasteiger charge is -2.32. The van der Waals surface area contributed by atoms with Crippen molar-refractivity contribution < 1.29 is 9.84 Å². The molecule has 3 N–H and O–H groups in total. The van der Waals surface area contributed by atoms with Gasteiger partial charge in [-0.2, -0.15) is 0 Å². The summed E-state index contributed by atoms with van der Waals surface area (Å²) >= 11 is 0.